The molecular weight excluding hydrogens is 422 g/mol. The topological polar surface area (TPSA) is 87.4 Å². The zero-order valence-electron chi connectivity index (χ0n) is 14.9. The molecular formula is C21H16BrN3O3. The van der Waals surface area contributed by atoms with E-state index in [4.69, 9.17) is 0 Å². The van der Waals surface area contributed by atoms with Crippen LogP contribution in [0, 0.1) is 0 Å². The third kappa shape index (κ3) is 3.03. The van der Waals surface area contributed by atoms with Crippen LogP contribution in [0.4, 0.5) is 5.69 Å². The van der Waals surface area contributed by atoms with E-state index < -0.39 is 17.1 Å². The summed E-state index contributed by atoms with van der Waals surface area (Å²) < 4.78 is 2.00. The Morgan fingerprint density at radius 3 is 2.79 bits per heavy atom. The normalized spacial score (nSPS) is 13.9. The highest BCUT2D eigenvalue weighted by molar-refractivity contribution is 9.10. The smallest absolute Gasteiger partial charge is 0.335 e. The molecule has 0 saturated heterocycles. The van der Waals surface area contributed by atoms with Gasteiger partial charge in [0.05, 0.1) is 11.4 Å². The lowest BCUT2D eigenvalue weighted by Gasteiger charge is -2.13. The van der Waals surface area contributed by atoms with Gasteiger partial charge in [-0.1, -0.05) is 41.1 Å². The molecule has 7 heteroatoms. The van der Waals surface area contributed by atoms with Gasteiger partial charge in [-0.05, 0) is 42.3 Å². The van der Waals surface area contributed by atoms with Crippen molar-refractivity contribution in [3.8, 4) is 11.6 Å². The number of rotatable bonds is 3. The van der Waals surface area contributed by atoms with Crippen molar-refractivity contribution in [2.24, 2.45) is 4.99 Å². The number of para-hydroxylation sites is 1. The Labute approximate surface area is 168 Å². The predicted molar refractivity (Wildman–Crippen MR) is 114 cm³/mol. The van der Waals surface area contributed by atoms with Crippen LogP contribution in [0.25, 0.3) is 17.3 Å². The molecule has 2 aromatic carbocycles. The van der Waals surface area contributed by atoms with Crippen LogP contribution in [-0.2, 0) is 6.42 Å². The van der Waals surface area contributed by atoms with Gasteiger partial charge in [-0.2, -0.15) is 0 Å². The van der Waals surface area contributed by atoms with Crippen LogP contribution in [0.2, 0.25) is 0 Å². The molecule has 0 fully saturated rings. The first-order valence-electron chi connectivity index (χ1n) is 8.72. The van der Waals surface area contributed by atoms with Crippen molar-refractivity contribution >= 4 is 39.5 Å². The third-order valence-electron chi connectivity index (χ3n) is 4.65. The Kier molecular flexibility index (Phi) is 4.60. The molecule has 1 aromatic heterocycles. The predicted octanol–water partition coefficient (Wildman–Crippen LogP) is 3.81. The van der Waals surface area contributed by atoms with E-state index in [2.05, 4.69) is 25.9 Å². The molecule has 6 nitrogen and oxygen atoms in total. The van der Waals surface area contributed by atoms with E-state index in [9.17, 15) is 14.7 Å². The van der Waals surface area contributed by atoms with Gasteiger partial charge >= 0.3 is 5.69 Å². The highest BCUT2D eigenvalue weighted by Gasteiger charge is 2.19. The summed E-state index contributed by atoms with van der Waals surface area (Å²) in [4.78, 5) is 31.5. The van der Waals surface area contributed by atoms with Gasteiger partial charge < -0.3 is 5.11 Å². The Balaban J connectivity index is 1.94. The number of aliphatic imine (C=N–C) groups is 1. The number of aromatic amines is 1. The lowest BCUT2D eigenvalue weighted by molar-refractivity contribution is 0.429. The van der Waals surface area contributed by atoms with Crippen molar-refractivity contribution in [3.05, 3.63) is 84.5 Å². The van der Waals surface area contributed by atoms with Gasteiger partial charge in [-0.25, -0.2) is 9.36 Å². The number of benzene rings is 2. The van der Waals surface area contributed by atoms with Crippen molar-refractivity contribution in [1.82, 2.24) is 9.55 Å². The van der Waals surface area contributed by atoms with Crippen LogP contribution in [0.3, 0.4) is 0 Å². The number of aromatic nitrogens is 2. The lowest BCUT2D eigenvalue weighted by Crippen LogP contribution is -2.31. The average molecular weight is 438 g/mol. The highest BCUT2D eigenvalue weighted by Crippen LogP contribution is 2.35. The first kappa shape index (κ1) is 18.2. The third-order valence-corrected chi connectivity index (χ3v) is 5.14. The van der Waals surface area contributed by atoms with Crippen LogP contribution in [0.1, 0.15) is 23.6 Å². The Morgan fingerprint density at radius 2 is 2.00 bits per heavy atom. The standard InChI is InChI=1S/C21H16BrN3O3/c1-2-12-5-3-4-6-18(12)25-20(27)16(19(26)24-21(25)28)9-13-11-23-17-8-7-14(22)10-15(13)17/h3-11,27H,2H2,1H3,(H,24,26,28). The lowest BCUT2D eigenvalue weighted by atomic mass is 10.0. The van der Waals surface area contributed by atoms with Crippen LogP contribution in [0.5, 0.6) is 5.88 Å². The molecule has 1 aliphatic heterocycles. The molecule has 1 aliphatic rings. The minimum Gasteiger partial charge on any atom is -0.494 e. The van der Waals surface area contributed by atoms with Gasteiger partial charge in [0.15, 0.2) is 0 Å². The summed E-state index contributed by atoms with van der Waals surface area (Å²) in [5.74, 6) is -0.404. The zero-order chi connectivity index (χ0) is 19.8. The summed E-state index contributed by atoms with van der Waals surface area (Å²) in [5.41, 5.74) is 2.35. The molecule has 0 atom stereocenters. The monoisotopic (exact) mass is 437 g/mol. The highest BCUT2D eigenvalue weighted by atomic mass is 79.9. The van der Waals surface area contributed by atoms with Crippen molar-refractivity contribution in [2.75, 3.05) is 0 Å². The maximum atomic E-state index is 12.5. The molecule has 2 heterocycles. The van der Waals surface area contributed by atoms with E-state index in [1.54, 1.807) is 24.4 Å². The minimum atomic E-state index is -0.686. The Hall–Kier alpha value is -3.19. The average Bonchev–Trinajstić information content (AvgIpc) is 3.07. The number of nitrogens with one attached hydrogen (secondary N) is 1. The Bertz CT molecular complexity index is 1270. The fourth-order valence-electron chi connectivity index (χ4n) is 3.25. The zero-order valence-corrected chi connectivity index (χ0v) is 16.5. The van der Waals surface area contributed by atoms with Crippen molar-refractivity contribution in [1.29, 1.82) is 0 Å². The van der Waals surface area contributed by atoms with E-state index in [0.29, 0.717) is 17.7 Å². The summed E-state index contributed by atoms with van der Waals surface area (Å²) >= 11 is 3.43. The number of allylic oxidation sites excluding steroid dienone is 1. The van der Waals surface area contributed by atoms with Gasteiger partial charge in [0.1, 0.15) is 5.56 Å². The fraction of sp³-hybridized carbons (Fsp3) is 0.0952. The fourth-order valence-corrected chi connectivity index (χ4v) is 3.61. The van der Waals surface area contributed by atoms with Crippen molar-refractivity contribution < 1.29 is 5.11 Å². The number of hydrogen-bond donors (Lipinski definition) is 2. The molecule has 0 amide bonds. The molecule has 140 valence electrons. The molecule has 3 aromatic rings. The minimum absolute atomic E-state index is 0.000202. The maximum Gasteiger partial charge on any atom is 0.335 e. The number of halogens is 1. The quantitative estimate of drug-likeness (QED) is 0.652. The number of H-pyrrole nitrogens is 1. The molecule has 0 radical (unpaired) electrons. The number of fused-ring (bicyclic) bond motifs is 1. The molecule has 0 spiro atoms. The second-order valence-corrected chi connectivity index (χ2v) is 7.25. The SMILES string of the molecule is CCc1ccccc1-n1c(O)c(C=C2C=Nc3ccc(Br)cc32)c(=O)[nH]c1=O. The second kappa shape index (κ2) is 7.09. The molecule has 0 bridgehead atoms. The number of aryl methyl sites for hydroxylation is 1. The van der Waals surface area contributed by atoms with Gasteiger partial charge in [0.25, 0.3) is 5.56 Å². The van der Waals surface area contributed by atoms with Gasteiger partial charge in [0.2, 0.25) is 5.88 Å². The molecule has 0 aliphatic carbocycles. The van der Waals surface area contributed by atoms with Crippen molar-refractivity contribution in [3.63, 3.8) is 0 Å². The summed E-state index contributed by atoms with van der Waals surface area (Å²) in [6.45, 7) is 1.96. The van der Waals surface area contributed by atoms with E-state index in [-0.39, 0.29) is 5.56 Å². The van der Waals surface area contributed by atoms with E-state index >= 15 is 0 Å². The summed E-state index contributed by atoms with van der Waals surface area (Å²) in [5, 5.41) is 10.8. The number of nitrogens with zero attached hydrogens (tertiary/aromatic N) is 2. The molecule has 0 unspecified atom stereocenters. The largest absolute Gasteiger partial charge is 0.494 e. The first-order chi connectivity index (χ1) is 13.5. The second-order valence-electron chi connectivity index (χ2n) is 6.33. The summed E-state index contributed by atoms with van der Waals surface area (Å²) in [7, 11) is 0. The Morgan fingerprint density at radius 1 is 1.21 bits per heavy atom. The summed E-state index contributed by atoms with van der Waals surface area (Å²) in [6.07, 6.45) is 3.84. The van der Waals surface area contributed by atoms with Gasteiger partial charge in [-0.15, -0.1) is 0 Å². The van der Waals surface area contributed by atoms with Crippen LogP contribution in [0.15, 0.2) is 61.5 Å². The summed E-state index contributed by atoms with van der Waals surface area (Å²) in [6, 6.07) is 12.9. The van der Waals surface area contributed by atoms with Crippen LogP contribution < -0.4 is 11.2 Å². The van der Waals surface area contributed by atoms with Crippen molar-refractivity contribution in [2.45, 2.75) is 13.3 Å². The maximum absolute atomic E-state index is 12.5. The van der Waals surface area contributed by atoms with Gasteiger partial charge in [-0.3, -0.25) is 14.8 Å². The van der Waals surface area contributed by atoms with Crippen LogP contribution in [-0.4, -0.2) is 20.9 Å². The molecule has 2 N–H and O–H groups in total. The van der Waals surface area contributed by atoms with E-state index in [1.165, 1.54) is 0 Å². The van der Waals surface area contributed by atoms with Gasteiger partial charge in [0, 0.05) is 21.8 Å². The molecule has 4 rings (SSSR count). The van der Waals surface area contributed by atoms with E-state index in [1.807, 2.05) is 37.3 Å². The first-order valence-corrected chi connectivity index (χ1v) is 9.51. The number of hydrogen-bond acceptors (Lipinski definition) is 4. The molecule has 0 saturated carbocycles. The van der Waals surface area contributed by atoms with Crippen LogP contribution >= 0.6 is 15.9 Å². The van der Waals surface area contributed by atoms with E-state index in [0.717, 1.165) is 25.9 Å². The molecule has 28 heavy (non-hydrogen) atoms. The number of aromatic hydroxyl groups is 1.